The third-order valence-electron chi connectivity index (χ3n) is 5.37. The third-order valence-corrected chi connectivity index (χ3v) is 5.37. The van der Waals surface area contributed by atoms with Crippen molar-refractivity contribution in [3.63, 3.8) is 0 Å². The molecule has 0 spiro atoms. The predicted molar refractivity (Wildman–Crippen MR) is 128 cm³/mol. The number of carbonyl (C=O) groups excluding carboxylic acids is 1. The zero-order valence-corrected chi connectivity index (χ0v) is 18.4. The summed E-state index contributed by atoms with van der Waals surface area (Å²) < 4.78 is 1.42. The Hall–Kier alpha value is -4.06. The van der Waals surface area contributed by atoms with Gasteiger partial charge in [-0.15, -0.1) is 0 Å². The van der Waals surface area contributed by atoms with E-state index in [1.165, 1.54) is 10.7 Å². The number of amides is 1. The molecule has 0 aliphatic heterocycles. The molecule has 0 fully saturated rings. The van der Waals surface area contributed by atoms with E-state index in [-0.39, 0.29) is 11.5 Å². The Labute approximate surface area is 193 Å². The van der Waals surface area contributed by atoms with Crippen molar-refractivity contribution < 1.29 is 4.79 Å². The van der Waals surface area contributed by atoms with E-state index in [9.17, 15) is 9.59 Å². The molecule has 2 aromatic heterocycles. The van der Waals surface area contributed by atoms with Crippen LogP contribution in [0.5, 0.6) is 0 Å². The van der Waals surface area contributed by atoms with Crippen molar-refractivity contribution in [3.05, 3.63) is 119 Å². The first-order chi connectivity index (χ1) is 16.2. The molecule has 0 saturated carbocycles. The highest BCUT2D eigenvalue weighted by Crippen LogP contribution is 2.14. The number of carbonyl (C=O) groups is 1. The van der Waals surface area contributed by atoms with Gasteiger partial charge < -0.3 is 4.90 Å². The lowest BCUT2D eigenvalue weighted by atomic mass is 10.1. The Morgan fingerprint density at radius 2 is 1.48 bits per heavy atom. The summed E-state index contributed by atoms with van der Waals surface area (Å²) in [4.78, 5) is 31.4. The second-order valence-electron chi connectivity index (χ2n) is 7.85. The highest BCUT2D eigenvalue weighted by molar-refractivity contribution is 5.76. The van der Waals surface area contributed by atoms with Gasteiger partial charge >= 0.3 is 0 Å². The van der Waals surface area contributed by atoms with Gasteiger partial charge in [0.05, 0.1) is 5.69 Å². The van der Waals surface area contributed by atoms with Gasteiger partial charge in [-0.1, -0.05) is 60.7 Å². The molecule has 0 N–H and O–H groups in total. The molecule has 33 heavy (non-hydrogen) atoms. The molecular formula is C27H26N4O2. The molecular weight excluding hydrogens is 412 g/mol. The molecule has 0 radical (unpaired) electrons. The van der Waals surface area contributed by atoms with Gasteiger partial charge in [0.25, 0.3) is 5.56 Å². The molecule has 0 aliphatic carbocycles. The van der Waals surface area contributed by atoms with E-state index in [1.807, 2.05) is 77.7 Å². The first-order valence-corrected chi connectivity index (χ1v) is 11.0. The van der Waals surface area contributed by atoms with Crippen LogP contribution in [0.4, 0.5) is 0 Å². The summed E-state index contributed by atoms with van der Waals surface area (Å²) in [6.07, 6.45) is 4.28. The number of nitrogens with zero attached hydrogens (tertiary/aromatic N) is 4. The van der Waals surface area contributed by atoms with Crippen molar-refractivity contribution in [1.29, 1.82) is 0 Å². The first kappa shape index (κ1) is 22.1. The van der Waals surface area contributed by atoms with E-state index < -0.39 is 0 Å². The standard InChI is InChI=1S/C27H26N4O2/c32-26(30(20-22-9-3-1-4-10-22)21-23-11-5-2-6-12-23)14-8-18-31-27(33)16-15-25(29-31)24-13-7-17-28-19-24/h1-7,9-13,15-17,19H,8,14,18,20-21H2. The molecule has 4 rings (SSSR count). The van der Waals surface area contributed by atoms with Crippen LogP contribution < -0.4 is 5.56 Å². The largest absolute Gasteiger partial charge is 0.334 e. The van der Waals surface area contributed by atoms with Gasteiger partial charge in [0.15, 0.2) is 0 Å². The highest BCUT2D eigenvalue weighted by atomic mass is 16.2. The molecule has 2 aromatic carbocycles. The summed E-state index contributed by atoms with van der Waals surface area (Å²) in [5, 5.41) is 4.46. The maximum absolute atomic E-state index is 13.1. The maximum Gasteiger partial charge on any atom is 0.266 e. The number of rotatable bonds is 9. The Kier molecular flexibility index (Phi) is 7.38. The van der Waals surface area contributed by atoms with Crippen LogP contribution in [-0.2, 0) is 24.4 Å². The highest BCUT2D eigenvalue weighted by Gasteiger charge is 2.15. The van der Waals surface area contributed by atoms with Crippen molar-refractivity contribution in [3.8, 4) is 11.3 Å². The molecule has 4 aromatic rings. The maximum atomic E-state index is 13.1. The fraction of sp³-hybridized carbons (Fsp3) is 0.185. The molecule has 0 aliphatic rings. The van der Waals surface area contributed by atoms with Crippen LogP contribution in [0, 0.1) is 0 Å². The van der Waals surface area contributed by atoms with Gasteiger partial charge in [-0.25, -0.2) is 4.68 Å². The van der Waals surface area contributed by atoms with E-state index in [0.29, 0.717) is 38.2 Å². The van der Waals surface area contributed by atoms with Crippen molar-refractivity contribution in [2.45, 2.75) is 32.5 Å². The summed E-state index contributed by atoms with van der Waals surface area (Å²) in [5.41, 5.74) is 3.52. The van der Waals surface area contributed by atoms with E-state index in [1.54, 1.807) is 18.5 Å². The van der Waals surface area contributed by atoms with Crippen LogP contribution in [0.25, 0.3) is 11.3 Å². The lowest BCUT2D eigenvalue weighted by molar-refractivity contribution is -0.132. The number of aryl methyl sites for hydroxylation is 1. The SMILES string of the molecule is O=C(CCCn1nc(-c2cccnc2)ccc1=O)N(Cc1ccccc1)Cc1ccccc1. The summed E-state index contributed by atoms with van der Waals surface area (Å²) in [7, 11) is 0. The molecule has 6 nitrogen and oxygen atoms in total. The fourth-order valence-electron chi connectivity index (χ4n) is 3.66. The molecule has 2 heterocycles. The molecule has 0 bridgehead atoms. The average Bonchev–Trinajstić information content (AvgIpc) is 2.86. The molecule has 0 saturated heterocycles. The van der Waals surface area contributed by atoms with Crippen LogP contribution >= 0.6 is 0 Å². The normalized spacial score (nSPS) is 10.7. The average molecular weight is 439 g/mol. The van der Waals surface area contributed by atoms with E-state index in [2.05, 4.69) is 10.1 Å². The van der Waals surface area contributed by atoms with Gasteiger partial charge in [0, 0.05) is 50.1 Å². The van der Waals surface area contributed by atoms with Crippen LogP contribution in [-0.4, -0.2) is 25.6 Å². The quantitative estimate of drug-likeness (QED) is 0.390. The summed E-state index contributed by atoms with van der Waals surface area (Å²) >= 11 is 0. The summed E-state index contributed by atoms with van der Waals surface area (Å²) in [6, 6.07) is 26.9. The van der Waals surface area contributed by atoms with Gasteiger partial charge in [-0.2, -0.15) is 5.10 Å². The Bertz CT molecular complexity index is 1180. The molecule has 6 heteroatoms. The lowest BCUT2D eigenvalue weighted by Gasteiger charge is -2.23. The van der Waals surface area contributed by atoms with E-state index in [4.69, 9.17) is 0 Å². The number of hydrogen-bond donors (Lipinski definition) is 0. The predicted octanol–water partition coefficient (Wildman–Crippen LogP) is 4.31. The number of aromatic nitrogens is 3. The van der Waals surface area contributed by atoms with Gasteiger partial charge in [-0.05, 0) is 35.7 Å². The smallest absolute Gasteiger partial charge is 0.266 e. The van der Waals surface area contributed by atoms with E-state index >= 15 is 0 Å². The fourth-order valence-corrected chi connectivity index (χ4v) is 3.66. The number of pyridine rings is 1. The third kappa shape index (κ3) is 6.23. The number of hydrogen-bond acceptors (Lipinski definition) is 4. The van der Waals surface area contributed by atoms with Crippen LogP contribution in [0.2, 0.25) is 0 Å². The Morgan fingerprint density at radius 3 is 2.09 bits per heavy atom. The summed E-state index contributed by atoms with van der Waals surface area (Å²) in [6.45, 7) is 1.47. The van der Waals surface area contributed by atoms with Crippen LogP contribution in [0.1, 0.15) is 24.0 Å². The second-order valence-corrected chi connectivity index (χ2v) is 7.85. The van der Waals surface area contributed by atoms with Crippen molar-refractivity contribution in [2.24, 2.45) is 0 Å². The molecule has 0 atom stereocenters. The summed E-state index contributed by atoms with van der Waals surface area (Å²) in [5.74, 6) is 0.0548. The zero-order chi connectivity index (χ0) is 22.9. The minimum Gasteiger partial charge on any atom is -0.334 e. The Morgan fingerprint density at radius 1 is 0.818 bits per heavy atom. The van der Waals surface area contributed by atoms with Crippen molar-refractivity contribution >= 4 is 5.91 Å². The topological polar surface area (TPSA) is 68.1 Å². The van der Waals surface area contributed by atoms with Gasteiger partial charge in [0.2, 0.25) is 5.91 Å². The van der Waals surface area contributed by atoms with Gasteiger partial charge in [0.1, 0.15) is 0 Å². The lowest BCUT2D eigenvalue weighted by Crippen LogP contribution is -2.30. The van der Waals surface area contributed by atoms with Crippen LogP contribution in [0.3, 0.4) is 0 Å². The first-order valence-electron chi connectivity index (χ1n) is 11.0. The molecule has 1 amide bonds. The monoisotopic (exact) mass is 438 g/mol. The molecule has 166 valence electrons. The zero-order valence-electron chi connectivity index (χ0n) is 18.4. The van der Waals surface area contributed by atoms with Crippen LogP contribution in [0.15, 0.2) is 102 Å². The Balaban J connectivity index is 1.42. The van der Waals surface area contributed by atoms with Crippen molar-refractivity contribution in [2.75, 3.05) is 0 Å². The van der Waals surface area contributed by atoms with Gasteiger partial charge in [-0.3, -0.25) is 14.6 Å². The minimum absolute atomic E-state index is 0.0548. The second kappa shape index (κ2) is 11.0. The number of benzene rings is 2. The molecule has 0 unspecified atom stereocenters. The van der Waals surface area contributed by atoms with E-state index in [0.717, 1.165) is 16.7 Å². The van der Waals surface area contributed by atoms with Crippen molar-refractivity contribution in [1.82, 2.24) is 19.7 Å². The minimum atomic E-state index is -0.180.